The Morgan fingerprint density at radius 3 is 1.58 bits per heavy atom. The zero-order chi connectivity index (χ0) is 9.73. The van der Waals surface area contributed by atoms with Gasteiger partial charge in [0.05, 0.1) is 6.04 Å². The molecule has 1 aliphatic heterocycles. The number of hydrogen-bond donors (Lipinski definition) is 0. The van der Waals surface area contributed by atoms with Crippen LogP contribution in [-0.2, 0) is 0 Å². The quantitative estimate of drug-likeness (QED) is 0.501. The molecule has 1 saturated heterocycles. The van der Waals surface area contributed by atoms with E-state index in [1.54, 1.807) is 0 Å². The predicted octanol–water partition coefficient (Wildman–Crippen LogP) is 3.03. The van der Waals surface area contributed by atoms with Crippen molar-refractivity contribution in [3.05, 3.63) is 12.3 Å². The highest BCUT2D eigenvalue weighted by molar-refractivity contribution is 5.29. The van der Waals surface area contributed by atoms with Gasteiger partial charge in [0.25, 0.3) is 0 Å². The SMILES string of the molecule is C=C1C(C(C)(C)C)N1C(C)(C)C. The lowest BCUT2D eigenvalue weighted by molar-refractivity contribution is 0.232. The highest BCUT2D eigenvalue weighted by Crippen LogP contribution is 2.48. The molecule has 0 aromatic heterocycles. The molecule has 0 saturated carbocycles. The Labute approximate surface area is 76.5 Å². The topological polar surface area (TPSA) is 3.01 Å². The monoisotopic (exact) mass is 167 g/mol. The van der Waals surface area contributed by atoms with E-state index in [0.717, 1.165) is 0 Å². The molecule has 0 spiro atoms. The van der Waals surface area contributed by atoms with Gasteiger partial charge < -0.3 is 4.90 Å². The van der Waals surface area contributed by atoms with Gasteiger partial charge in [0.15, 0.2) is 0 Å². The molecule has 12 heavy (non-hydrogen) atoms. The molecule has 1 heterocycles. The van der Waals surface area contributed by atoms with Crippen LogP contribution in [0.3, 0.4) is 0 Å². The van der Waals surface area contributed by atoms with E-state index in [9.17, 15) is 0 Å². The molecule has 1 fully saturated rings. The number of nitrogens with zero attached hydrogens (tertiary/aromatic N) is 1. The first-order valence-corrected chi connectivity index (χ1v) is 4.64. The summed E-state index contributed by atoms with van der Waals surface area (Å²) in [5.41, 5.74) is 1.88. The average Bonchev–Trinajstić information content (AvgIpc) is 2.35. The van der Waals surface area contributed by atoms with Gasteiger partial charge in [0.1, 0.15) is 0 Å². The molecule has 0 N–H and O–H groups in total. The van der Waals surface area contributed by atoms with E-state index in [-0.39, 0.29) is 5.54 Å². The summed E-state index contributed by atoms with van der Waals surface area (Å²) in [6.45, 7) is 17.6. The van der Waals surface area contributed by atoms with Crippen molar-refractivity contribution in [3.8, 4) is 0 Å². The van der Waals surface area contributed by atoms with Crippen LogP contribution in [0.4, 0.5) is 0 Å². The van der Waals surface area contributed by atoms with Gasteiger partial charge in [-0.3, -0.25) is 0 Å². The molecule has 0 amide bonds. The average molecular weight is 167 g/mol. The minimum Gasteiger partial charge on any atom is -0.360 e. The van der Waals surface area contributed by atoms with Gasteiger partial charge in [-0.2, -0.15) is 0 Å². The molecular formula is C11H21N. The fraction of sp³-hybridized carbons (Fsp3) is 0.818. The van der Waals surface area contributed by atoms with E-state index in [4.69, 9.17) is 0 Å². The molecule has 1 rings (SSSR count). The Kier molecular flexibility index (Phi) is 1.82. The van der Waals surface area contributed by atoms with Crippen molar-refractivity contribution in [1.82, 2.24) is 4.90 Å². The van der Waals surface area contributed by atoms with Gasteiger partial charge in [0.2, 0.25) is 0 Å². The van der Waals surface area contributed by atoms with Crippen molar-refractivity contribution in [2.75, 3.05) is 0 Å². The Morgan fingerprint density at radius 1 is 1.08 bits per heavy atom. The van der Waals surface area contributed by atoms with Gasteiger partial charge >= 0.3 is 0 Å². The summed E-state index contributed by atoms with van der Waals surface area (Å²) >= 11 is 0. The maximum atomic E-state index is 4.09. The number of rotatable bonds is 0. The van der Waals surface area contributed by atoms with E-state index in [1.807, 2.05) is 0 Å². The maximum Gasteiger partial charge on any atom is 0.0735 e. The largest absolute Gasteiger partial charge is 0.360 e. The Balaban J connectivity index is 2.73. The van der Waals surface area contributed by atoms with E-state index < -0.39 is 0 Å². The molecule has 0 aromatic rings. The van der Waals surface area contributed by atoms with Crippen LogP contribution >= 0.6 is 0 Å². The van der Waals surface area contributed by atoms with Gasteiger partial charge in [-0.1, -0.05) is 27.4 Å². The van der Waals surface area contributed by atoms with Crippen LogP contribution in [-0.4, -0.2) is 16.5 Å². The van der Waals surface area contributed by atoms with Crippen LogP contribution in [0.15, 0.2) is 12.3 Å². The zero-order valence-corrected chi connectivity index (χ0v) is 9.23. The second-order valence-corrected chi connectivity index (χ2v) is 5.80. The standard InChI is InChI=1S/C11H21N/c1-8-9(10(2,3)4)12(8)11(5,6)7/h9H,1H2,2-7H3. The molecule has 1 nitrogen and oxygen atoms in total. The Bertz CT molecular complexity index is 180. The third kappa shape index (κ3) is 1.50. The highest BCUT2D eigenvalue weighted by Gasteiger charge is 2.51. The predicted molar refractivity (Wildman–Crippen MR) is 54.0 cm³/mol. The molecule has 1 atom stereocenters. The molecule has 1 heteroatoms. The second kappa shape index (κ2) is 2.27. The van der Waals surface area contributed by atoms with Crippen molar-refractivity contribution >= 4 is 0 Å². The van der Waals surface area contributed by atoms with Gasteiger partial charge in [-0.05, 0) is 26.2 Å². The lowest BCUT2D eigenvalue weighted by atomic mass is 9.91. The fourth-order valence-corrected chi connectivity index (χ4v) is 1.94. The van der Waals surface area contributed by atoms with E-state index >= 15 is 0 Å². The van der Waals surface area contributed by atoms with Gasteiger partial charge in [0, 0.05) is 11.2 Å². The maximum absolute atomic E-state index is 4.09. The van der Waals surface area contributed by atoms with E-state index in [1.165, 1.54) is 5.70 Å². The van der Waals surface area contributed by atoms with Crippen molar-refractivity contribution in [2.24, 2.45) is 5.41 Å². The summed E-state index contributed by atoms with van der Waals surface area (Å²) in [6.07, 6.45) is 0. The summed E-state index contributed by atoms with van der Waals surface area (Å²) < 4.78 is 0. The number of hydrogen-bond acceptors (Lipinski definition) is 1. The summed E-state index contributed by atoms with van der Waals surface area (Å²) in [6, 6.07) is 0.581. The van der Waals surface area contributed by atoms with E-state index in [2.05, 4.69) is 53.0 Å². The summed E-state index contributed by atoms with van der Waals surface area (Å²) in [4.78, 5) is 2.41. The molecule has 0 aliphatic carbocycles. The fourth-order valence-electron chi connectivity index (χ4n) is 1.94. The van der Waals surface area contributed by atoms with Crippen LogP contribution in [0, 0.1) is 5.41 Å². The minimum atomic E-state index is 0.245. The van der Waals surface area contributed by atoms with Crippen LogP contribution in [0.25, 0.3) is 0 Å². The highest BCUT2D eigenvalue weighted by atomic mass is 15.4. The zero-order valence-electron chi connectivity index (χ0n) is 9.23. The summed E-state index contributed by atoms with van der Waals surface area (Å²) in [5, 5.41) is 0. The first-order chi connectivity index (χ1) is 5.15. The molecule has 70 valence electrons. The Hall–Kier alpha value is -0.460. The lowest BCUT2D eigenvalue weighted by Gasteiger charge is -2.26. The normalized spacial score (nSPS) is 24.7. The molecule has 1 aliphatic rings. The van der Waals surface area contributed by atoms with E-state index in [0.29, 0.717) is 11.5 Å². The van der Waals surface area contributed by atoms with Crippen molar-refractivity contribution in [1.29, 1.82) is 0 Å². The van der Waals surface area contributed by atoms with Crippen molar-refractivity contribution in [2.45, 2.75) is 53.1 Å². The van der Waals surface area contributed by atoms with Crippen molar-refractivity contribution < 1.29 is 0 Å². The van der Waals surface area contributed by atoms with Gasteiger partial charge in [-0.15, -0.1) is 0 Å². The summed E-state index contributed by atoms with van der Waals surface area (Å²) in [7, 11) is 0. The molecule has 1 unspecified atom stereocenters. The molecule has 0 bridgehead atoms. The van der Waals surface area contributed by atoms with Gasteiger partial charge in [-0.25, -0.2) is 0 Å². The third-order valence-electron chi connectivity index (χ3n) is 2.36. The molecular weight excluding hydrogens is 146 g/mol. The van der Waals surface area contributed by atoms with Crippen LogP contribution in [0.5, 0.6) is 0 Å². The Morgan fingerprint density at radius 2 is 1.50 bits per heavy atom. The third-order valence-corrected chi connectivity index (χ3v) is 2.36. The molecule has 0 aromatic carbocycles. The van der Waals surface area contributed by atoms with Crippen LogP contribution < -0.4 is 0 Å². The second-order valence-electron chi connectivity index (χ2n) is 5.80. The van der Waals surface area contributed by atoms with Crippen LogP contribution in [0.2, 0.25) is 0 Å². The lowest BCUT2D eigenvalue weighted by Crippen LogP contribution is -2.31. The van der Waals surface area contributed by atoms with Crippen molar-refractivity contribution in [3.63, 3.8) is 0 Å². The summed E-state index contributed by atoms with van der Waals surface area (Å²) in [5.74, 6) is 0. The first-order valence-electron chi connectivity index (χ1n) is 4.64. The first kappa shape index (κ1) is 9.63. The van der Waals surface area contributed by atoms with Crippen LogP contribution in [0.1, 0.15) is 41.5 Å². The smallest absolute Gasteiger partial charge is 0.0735 e. The molecule has 0 radical (unpaired) electrons. The minimum absolute atomic E-state index is 0.245.